The number of benzene rings is 3. The van der Waals surface area contributed by atoms with Crippen LogP contribution in [0.25, 0.3) is 0 Å². The van der Waals surface area contributed by atoms with Gasteiger partial charge in [0.25, 0.3) is 0 Å². The molecular weight excluding hydrogens is 351 g/mol. The molecular formula is C20H17O5P. The summed E-state index contributed by atoms with van der Waals surface area (Å²) in [7, 11) is -4.31. The minimum atomic E-state index is -4.31. The second-order valence-electron chi connectivity index (χ2n) is 5.52. The van der Waals surface area contributed by atoms with Gasteiger partial charge in [0.2, 0.25) is 0 Å². The zero-order valence-electron chi connectivity index (χ0n) is 13.8. The van der Waals surface area contributed by atoms with Gasteiger partial charge in [0.1, 0.15) is 0 Å². The molecule has 0 spiro atoms. The Morgan fingerprint density at radius 1 is 0.769 bits per heavy atom. The molecule has 3 rings (SSSR count). The lowest BCUT2D eigenvalue weighted by molar-refractivity contribution is 0.0710. The minimum absolute atomic E-state index is 0.0212. The summed E-state index contributed by atoms with van der Waals surface area (Å²) >= 11 is 0. The summed E-state index contributed by atoms with van der Waals surface area (Å²) in [6.07, 6.45) is -1.96. The van der Waals surface area contributed by atoms with Crippen molar-refractivity contribution in [3.8, 4) is 0 Å². The molecule has 0 aliphatic carbocycles. The van der Waals surface area contributed by atoms with Crippen LogP contribution in [0.5, 0.6) is 0 Å². The molecule has 0 fully saturated rings. The molecule has 0 saturated carbocycles. The van der Waals surface area contributed by atoms with Crippen LogP contribution in [0.1, 0.15) is 17.2 Å². The van der Waals surface area contributed by atoms with Crippen LogP contribution in [0, 0.1) is 0 Å². The predicted octanol–water partition coefficient (Wildman–Crippen LogP) is 4.44. The third kappa shape index (κ3) is 4.39. The molecule has 0 aliphatic heterocycles. The molecule has 0 heterocycles. The van der Waals surface area contributed by atoms with Crippen molar-refractivity contribution in [1.29, 1.82) is 0 Å². The van der Waals surface area contributed by atoms with Crippen LogP contribution in [-0.4, -0.2) is 11.0 Å². The monoisotopic (exact) mass is 368 g/mol. The first-order chi connectivity index (χ1) is 12.6. The number of rotatable bonds is 5. The van der Waals surface area contributed by atoms with Gasteiger partial charge < -0.3 is 14.2 Å². The van der Waals surface area contributed by atoms with Crippen LogP contribution in [0.4, 0.5) is 4.79 Å². The predicted molar refractivity (Wildman–Crippen MR) is 98.2 cm³/mol. The van der Waals surface area contributed by atoms with E-state index >= 15 is 0 Å². The number of carbonyl (C=O) groups is 1. The first-order valence-electron chi connectivity index (χ1n) is 7.95. The Hall–Kier alpha value is -2.88. The second kappa shape index (κ2) is 8.00. The summed E-state index contributed by atoms with van der Waals surface area (Å²) in [4.78, 5) is 22.3. The van der Waals surface area contributed by atoms with Crippen LogP contribution in [-0.2, 0) is 13.8 Å². The third-order valence-electron chi connectivity index (χ3n) is 3.70. The van der Waals surface area contributed by atoms with E-state index in [0.29, 0.717) is 0 Å². The van der Waals surface area contributed by atoms with Crippen LogP contribution >= 0.6 is 7.60 Å². The van der Waals surface area contributed by atoms with E-state index in [1.165, 1.54) is 12.1 Å². The van der Waals surface area contributed by atoms with E-state index in [-0.39, 0.29) is 5.30 Å². The van der Waals surface area contributed by atoms with Gasteiger partial charge in [0, 0.05) is 0 Å². The first kappa shape index (κ1) is 17.9. The standard InChI is InChI=1S/C20H17O5P/c21-20(25-26(22,23)18-14-8-3-9-15-18)24-19(16-10-4-1-5-11-16)17-12-6-2-7-13-17/h1-15,19H,(H,22,23). The number of ether oxygens (including phenoxy) is 1. The van der Waals surface area contributed by atoms with Crippen molar-refractivity contribution in [2.75, 3.05) is 0 Å². The highest BCUT2D eigenvalue weighted by atomic mass is 31.2. The molecule has 1 atom stereocenters. The highest BCUT2D eigenvalue weighted by Crippen LogP contribution is 2.41. The third-order valence-corrected chi connectivity index (χ3v) is 5.05. The van der Waals surface area contributed by atoms with Gasteiger partial charge in [0.15, 0.2) is 6.10 Å². The summed E-state index contributed by atoms with van der Waals surface area (Å²) < 4.78 is 22.4. The molecule has 26 heavy (non-hydrogen) atoms. The van der Waals surface area contributed by atoms with Crippen LogP contribution in [0.3, 0.4) is 0 Å². The van der Waals surface area contributed by atoms with E-state index in [2.05, 4.69) is 0 Å². The summed E-state index contributed by atoms with van der Waals surface area (Å²) in [5.74, 6) is 0. The molecule has 0 amide bonds. The Bertz CT molecular complexity index is 858. The highest BCUT2D eigenvalue weighted by Gasteiger charge is 2.30. The summed E-state index contributed by atoms with van der Waals surface area (Å²) in [6, 6.07) is 25.9. The van der Waals surface area contributed by atoms with Crippen molar-refractivity contribution in [2.45, 2.75) is 6.10 Å². The summed E-state index contributed by atoms with van der Waals surface area (Å²) in [5.41, 5.74) is 1.45. The molecule has 0 bridgehead atoms. The van der Waals surface area contributed by atoms with Gasteiger partial charge in [-0.2, -0.15) is 0 Å². The fraction of sp³-hybridized carbons (Fsp3) is 0.0500. The molecule has 1 N–H and O–H groups in total. The van der Waals surface area contributed by atoms with Crippen molar-refractivity contribution < 1.29 is 23.5 Å². The Kier molecular flexibility index (Phi) is 5.52. The highest BCUT2D eigenvalue weighted by molar-refractivity contribution is 7.61. The quantitative estimate of drug-likeness (QED) is 0.532. The molecule has 3 aromatic rings. The second-order valence-corrected chi connectivity index (χ2v) is 7.26. The Balaban J connectivity index is 1.81. The lowest BCUT2D eigenvalue weighted by Crippen LogP contribution is -2.16. The molecule has 5 nitrogen and oxygen atoms in total. The van der Waals surface area contributed by atoms with Crippen molar-refractivity contribution in [3.63, 3.8) is 0 Å². The Morgan fingerprint density at radius 3 is 1.65 bits per heavy atom. The Morgan fingerprint density at radius 2 is 1.19 bits per heavy atom. The molecule has 0 saturated heterocycles. The molecule has 6 heteroatoms. The average molecular weight is 368 g/mol. The first-order valence-corrected chi connectivity index (χ1v) is 9.52. The van der Waals surface area contributed by atoms with E-state index in [4.69, 9.17) is 9.26 Å². The van der Waals surface area contributed by atoms with Gasteiger partial charge in [-0.1, -0.05) is 78.9 Å². The topological polar surface area (TPSA) is 72.8 Å². The lowest BCUT2D eigenvalue weighted by Gasteiger charge is -2.19. The van der Waals surface area contributed by atoms with Gasteiger partial charge in [-0.15, -0.1) is 0 Å². The molecule has 3 aromatic carbocycles. The SMILES string of the molecule is O=C(OC(c1ccccc1)c1ccccc1)OP(=O)(O)c1ccccc1. The largest absolute Gasteiger partial charge is 0.516 e. The van der Waals surface area contributed by atoms with E-state index < -0.39 is 19.9 Å². The van der Waals surface area contributed by atoms with Gasteiger partial charge in [0.05, 0.1) is 5.30 Å². The van der Waals surface area contributed by atoms with Gasteiger partial charge in [-0.05, 0) is 23.3 Å². The van der Waals surface area contributed by atoms with E-state index in [9.17, 15) is 14.3 Å². The van der Waals surface area contributed by atoms with Crippen LogP contribution < -0.4 is 5.30 Å². The van der Waals surface area contributed by atoms with E-state index in [1.54, 1.807) is 42.5 Å². The van der Waals surface area contributed by atoms with Crippen LogP contribution in [0.15, 0.2) is 91.0 Å². The lowest BCUT2D eigenvalue weighted by atomic mass is 10.0. The van der Waals surface area contributed by atoms with Crippen molar-refractivity contribution >= 4 is 19.1 Å². The fourth-order valence-electron chi connectivity index (χ4n) is 2.47. The maximum absolute atomic E-state index is 12.3. The normalized spacial score (nSPS) is 13.0. The molecule has 1 unspecified atom stereocenters. The van der Waals surface area contributed by atoms with Crippen molar-refractivity contribution in [3.05, 3.63) is 102 Å². The number of hydrogen-bond acceptors (Lipinski definition) is 4. The molecule has 0 aromatic heterocycles. The van der Waals surface area contributed by atoms with Gasteiger partial charge in [-0.3, -0.25) is 0 Å². The van der Waals surface area contributed by atoms with Gasteiger partial charge >= 0.3 is 13.8 Å². The van der Waals surface area contributed by atoms with Crippen LogP contribution in [0.2, 0.25) is 0 Å². The minimum Gasteiger partial charge on any atom is -0.421 e. The maximum Gasteiger partial charge on any atom is 0.516 e. The molecule has 132 valence electrons. The average Bonchev–Trinajstić information content (AvgIpc) is 2.68. The zero-order chi connectivity index (χ0) is 18.4. The smallest absolute Gasteiger partial charge is 0.421 e. The maximum atomic E-state index is 12.3. The number of hydrogen-bond donors (Lipinski definition) is 1. The zero-order valence-corrected chi connectivity index (χ0v) is 14.7. The molecule has 0 radical (unpaired) electrons. The fourth-order valence-corrected chi connectivity index (χ4v) is 3.37. The summed E-state index contributed by atoms with van der Waals surface area (Å²) in [5, 5.41) is 0.0212. The van der Waals surface area contributed by atoms with E-state index in [0.717, 1.165) is 11.1 Å². The van der Waals surface area contributed by atoms with Crippen molar-refractivity contribution in [2.24, 2.45) is 0 Å². The molecule has 0 aliphatic rings. The summed E-state index contributed by atoms with van der Waals surface area (Å²) in [6.45, 7) is 0. The van der Waals surface area contributed by atoms with Gasteiger partial charge in [-0.25, -0.2) is 9.36 Å². The van der Waals surface area contributed by atoms with Crippen molar-refractivity contribution in [1.82, 2.24) is 0 Å². The number of carbonyl (C=O) groups excluding carboxylic acids is 1. The van der Waals surface area contributed by atoms with E-state index in [1.807, 2.05) is 36.4 Å². The Labute approximate surface area is 151 Å².